The lowest BCUT2D eigenvalue weighted by molar-refractivity contribution is -0.165. The molecule has 0 radical (unpaired) electrons. The van der Waals surface area contributed by atoms with Gasteiger partial charge in [0.2, 0.25) is 11.8 Å². The SMILES string of the molecule is CC(C)CN1C(=O)C(C)(C)NC(=O)C12CCCCC2. The fourth-order valence-corrected chi connectivity index (χ4v) is 3.36. The van der Waals surface area contributed by atoms with Crippen LogP contribution in [0, 0.1) is 5.92 Å². The van der Waals surface area contributed by atoms with E-state index in [0.29, 0.717) is 12.5 Å². The average Bonchev–Trinajstić information content (AvgIpc) is 2.33. The fourth-order valence-electron chi connectivity index (χ4n) is 3.36. The molecular weight excluding hydrogens is 240 g/mol. The van der Waals surface area contributed by atoms with Crippen LogP contribution in [0.2, 0.25) is 0 Å². The molecule has 1 saturated carbocycles. The minimum absolute atomic E-state index is 0.0532. The van der Waals surface area contributed by atoms with Crippen LogP contribution >= 0.6 is 0 Å². The average molecular weight is 266 g/mol. The number of rotatable bonds is 2. The van der Waals surface area contributed by atoms with Crippen molar-refractivity contribution in [3.63, 3.8) is 0 Å². The van der Waals surface area contributed by atoms with Gasteiger partial charge in [0.05, 0.1) is 0 Å². The maximum atomic E-state index is 12.7. The van der Waals surface area contributed by atoms with Gasteiger partial charge in [0.25, 0.3) is 0 Å². The monoisotopic (exact) mass is 266 g/mol. The number of hydrogen-bond donors (Lipinski definition) is 1. The van der Waals surface area contributed by atoms with E-state index in [1.807, 2.05) is 4.90 Å². The first kappa shape index (κ1) is 14.4. The zero-order valence-corrected chi connectivity index (χ0v) is 12.6. The summed E-state index contributed by atoms with van der Waals surface area (Å²) in [4.78, 5) is 27.2. The van der Waals surface area contributed by atoms with Gasteiger partial charge in [-0.25, -0.2) is 0 Å². The quantitative estimate of drug-likeness (QED) is 0.832. The highest BCUT2D eigenvalue weighted by molar-refractivity contribution is 6.01. The van der Waals surface area contributed by atoms with Crippen molar-refractivity contribution in [2.75, 3.05) is 6.54 Å². The van der Waals surface area contributed by atoms with Crippen molar-refractivity contribution in [3.05, 3.63) is 0 Å². The second kappa shape index (κ2) is 4.80. The molecule has 2 aliphatic rings. The van der Waals surface area contributed by atoms with Crippen molar-refractivity contribution in [1.29, 1.82) is 0 Å². The van der Waals surface area contributed by atoms with Crippen molar-refractivity contribution in [1.82, 2.24) is 10.2 Å². The molecule has 0 aromatic carbocycles. The number of nitrogens with one attached hydrogen (secondary N) is 1. The number of piperazine rings is 1. The molecule has 1 saturated heterocycles. The van der Waals surface area contributed by atoms with Crippen LogP contribution in [0.5, 0.6) is 0 Å². The molecule has 19 heavy (non-hydrogen) atoms. The van der Waals surface area contributed by atoms with Gasteiger partial charge in [-0.05, 0) is 32.6 Å². The second-order valence-corrected chi connectivity index (χ2v) is 6.98. The molecular formula is C15H26N2O2. The largest absolute Gasteiger partial charge is 0.340 e. The third-order valence-electron chi connectivity index (χ3n) is 4.37. The Kier molecular flexibility index (Phi) is 3.63. The molecule has 0 atom stereocenters. The Morgan fingerprint density at radius 3 is 2.26 bits per heavy atom. The normalized spacial score (nSPS) is 25.8. The van der Waals surface area contributed by atoms with Gasteiger partial charge >= 0.3 is 0 Å². The van der Waals surface area contributed by atoms with Crippen LogP contribution in [0.1, 0.15) is 59.8 Å². The van der Waals surface area contributed by atoms with Crippen molar-refractivity contribution < 1.29 is 9.59 Å². The van der Waals surface area contributed by atoms with E-state index in [1.165, 1.54) is 6.42 Å². The van der Waals surface area contributed by atoms with Crippen LogP contribution in [-0.4, -0.2) is 34.3 Å². The molecule has 0 bridgehead atoms. The van der Waals surface area contributed by atoms with Gasteiger partial charge in [0, 0.05) is 6.54 Å². The van der Waals surface area contributed by atoms with Crippen molar-refractivity contribution in [3.8, 4) is 0 Å². The third kappa shape index (κ3) is 2.37. The Morgan fingerprint density at radius 1 is 1.16 bits per heavy atom. The number of amides is 2. The van der Waals surface area contributed by atoms with E-state index in [2.05, 4.69) is 19.2 Å². The van der Waals surface area contributed by atoms with Gasteiger partial charge in [-0.1, -0.05) is 33.1 Å². The number of carbonyl (C=O) groups excluding carboxylic acids is 2. The molecule has 0 unspecified atom stereocenters. The number of hydrogen-bond acceptors (Lipinski definition) is 2. The van der Waals surface area contributed by atoms with Gasteiger partial charge < -0.3 is 10.2 Å². The zero-order valence-electron chi connectivity index (χ0n) is 12.6. The smallest absolute Gasteiger partial charge is 0.248 e. The lowest BCUT2D eigenvalue weighted by Crippen LogP contribution is -2.74. The molecule has 1 heterocycles. The fraction of sp³-hybridized carbons (Fsp3) is 0.867. The Hall–Kier alpha value is -1.06. The Labute approximate surface area is 115 Å². The van der Waals surface area contributed by atoms with Crippen molar-refractivity contribution >= 4 is 11.8 Å². The van der Waals surface area contributed by atoms with E-state index in [9.17, 15) is 9.59 Å². The maximum Gasteiger partial charge on any atom is 0.248 e. The molecule has 0 aromatic heterocycles. The van der Waals surface area contributed by atoms with E-state index in [0.717, 1.165) is 25.7 Å². The molecule has 1 aliphatic carbocycles. The van der Waals surface area contributed by atoms with Gasteiger partial charge in [0.15, 0.2) is 0 Å². The maximum absolute atomic E-state index is 12.7. The summed E-state index contributed by atoms with van der Waals surface area (Å²) in [5.74, 6) is 0.504. The van der Waals surface area contributed by atoms with Gasteiger partial charge in [-0.3, -0.25) is 9.59 Å². The molecule has 1 aliphatic heterocycles. The molecule has 2 amide bonds. The summed E-state index contributed by atoms with van der Waals surface area (Å²) < 4.78 is 0. The lowest BCUT2D eigenvalue weighted by atomic mass is 9.75. The molecule has 4 heteroatoms. The van der Waals surface area contributed by atoms with Gasteiger partial charge in [0.1, 0.15) is 11.1 Å². The van der Waals surface area contributed by atoms with E-state index < -0.39 is 11.1 Å². The molecule has 4 nitrogen and oxygen atoms in total. The summed E-state index contributed by atoms with van der Waals surface area (Å²) in [6.45, 7) is 8.48. The topological polar surface area (TPSA) is 49.4 Å². The molecule has 2 rings (SSSR count). The minimum Gasteiger partial charge on any atom is -0.340 e. The zero-order chi connectivity index (χ0) is 14.3. The van der Waals surface area contributed by atoms with Crippen LogP contribution in [0.25, 0.3) is 0 Å². The molecule has 108 valence electrons. The van der Waals surface area contributed by atoms with Gasteiger partial charge in [-0.15, -0.1) is 0 Å². The summed E-state index contributed by atoms with van der Waals surface area (Å²) in [6.07, 6.45) is 4.87. The lowest BCUT2D eigenvalue weighted by Gasteiger charge is -2.53. The van der Waals surface area contributed by atoms with E-state index in [-0.39, 0.29) is 11.8 Å². The molecule has 1 N–H and O–H groups in total. The van der Waals surface area contributed by atoms with Crippen molar-refractivity contribution in [2.45, 2.75) is 70.9 Å². The van der Waals surface area contributed by atoms with Crippen molar-refractivity contribution in [2.24, 2.45) is 5.92 Å². The summed E-state index contributed by atoms with van der Waals surface area (Å²) >= 11 is 0. The van der Waals surface area contributed by atoms with Crippen LogP contribution in [0.15, 0.2) is 0 Å². The highest BCUT2D eigenvalue weighted by Gasteiger charge is 2.55. The third-order valence-corrected chi connectivity index (χ3v) is 4.37. The highest BCUT2D eigenvalue weighted by atomic mass is 16.2. The second-order valence-electron chi connectivity index (χ2n) is 6.98. The first-order valence-corrected chi connectivity index (χ1v) is 7.44. The van der Waals surface area contributed by atoms with Crippen LogP contribution in [-0.2, 0) is 9.59 Å². The number of carbonyl (C=O) groups is 2. The van der Waals surface area contributed by atoms with E-state index in [4.69, 9.17) is 0 Å². The predicted molar refractivity (Wildman–Crippen MR) is 74.6 cm³/mol. The first-order valence-electron chi connectivity index (χ1n) is 7.44. The summed E-state index contributed by atoms with van der Waals surface area (Å²) in [5, 5.41) is 2.94. The Bertz CT molecular complexity index is 382. The standard InChI is InChI=1S/C15H26N2O2/c1-11(2)10-17-13(19)14(3,4)16-12(18)15(17)8-6-5-7-9-15/h11H,5-10H2,1-4H3,(H,16,18). The number of nitrogens with zero attached hydrogens (tertiary/aromatic N) is 1. The van der Waals surface area contributed by atoms with Crippen LogP contribution in [0.4, 0.5) is 0 Å². The Balaban J connectivity index is 2.37. The summed E-state index contributed by atoms with van der Waals surface area (Å²) in [7, 11) is 0. The summed E-state index contributed by atoms with van der Waals surface area (Å²) in [6, 6.07) is 0. The van der Waals surface area contributed by atoms with E-state index >= 15 is 0 Å². The first-order chi connectivity index (χ1) is 8.79. The summed E-state index contributed by atoms with van der Waals surface area (Å²) in [5.41, 5.74) is -1.34. The van der Waals surface area contributed by atoms with Gasteiger partial charge in [-0.2, -0.15) is 0 Å². The van der Waals surface area contributed by atoms with E-state index in [1.54, 1.807) is 13.8 Å². The molecule has 0 aromatic rings. The molecule has 1 spiro atoms. The van der Waals surface area contributed by atoms with Crippen LogP contribution < -0.4 is 5.32 Å². The Morgan fingerprint density at radius 2 is 1.74 bits per heavy atom. The predicted octanol–water partition coefficient (Wildman–Crippen LogP) is 2.08. The minimum atomic E-state index is -0.769. The molecule has 2 fully saturated rings. The highest BCUT2D eigenvalue weighted by Crippen LogP contribution is 2.38. The van der Waals surface area contributed by atoms with Crippen LogP contribution in [0.3, 0.4) is 0 Å².